The minimum Gasteiger partial charge on any atom is -0.463 e. The van der Waals surface area contributed by atoms with E-state index in [1.165, 1.54) is 0 Å². The molecule has 0 aromatic rings. The average Bonchev–Trinajstić information content (AvgIpc) is 3.41. The van der Waals surface area contributed by atoms with Crippen molar-refractivity contribution in [2.45, 2.75) is 82.1 Å². The topological polar surface area (TPSA) is 60.6 Å². The number of carbonyl (C=O) groups excluding carboxylic acids is 1. The summed E-state index contributed by atoms with van der Waals surface area (Å²) in [4.78, 5) is 13.1. The lowest BCUT2D eigenvalue weighted by atomic mass is 9.39. The van der Waals surface area contributed by atoms with Crippen molar-refractivity contribution in [3.8, 4) is 0 Å². The predicted octanol–water partition coefficient (Wildman–Crippen LogP) is 1.82. The van der Waals surface area contributed by atoms with Gasteiger partial charge in [-0.05, 0) is 43.9 Å². The molecule has 5 nitrogen and oxygen atoms in total. The quantitative estimate of drug-likeness (QED) is 0.500. The van der Waals surface area contributed by atoms with Crippen LogP contribution in [-0.4, -0.2) is 48.2 Å². The lowest BCUT2D eigenvalue weighted by Crippen LogP contribution is -2.74. The van der Waals surface area contributed by atoms with Crippen LogP contribution in [0.2, 0.25) is 0 Å². The number of hydrogen-bond acceptors (Lipinski definition) is 5. The third-order valence-corrected chi connectivity index (χ3v) is 9.15. The highest BCUT2D eigenvalue weighted by atomic mass is 16.7. The summed E-state index contributed by atoms with van der Waals surface area (Å²) in [6.07, 6.45) is 4.56. The Morgan fingerprint density at radius 3 is 2.75 bits per heavy atom. The number of hydrogen-bond donors (Lipinski definition) is 0. The maximum atomic E-state index is 13.1. The molecule has 8 fully saturated rings. The SMILES string of the molecule is CC1(C)C[C@H]2O[C@H]2[C@@]23COC(=O)[C@]4(C[C@H]5CC[C@@]24[C@@H]2O[C@]52C)O[C@H]13. The van der Waals surface area contributed by atoms with E-state index in [2.05, 4.69) is 20.8 Å². The molecule has 5 heteroatoms. The van der Waals surface area contributed by atoms with E-state index in [0.717, 1.165) is 25.7 Å². The van der Waals surface area contributed by atoms with Gasteiger partial charge in [0.25, 0.3) is 0 Å². The second kappa shape index (κ2) is 3.21. The number of esters is 1. The van der Waals surface area contributed by atoms with Crippen molar-refractivity contribution in [3.63, 3.8) is 0 Å². The van der Waals surface area contributed by atoms with Gasteiger partial charge in [0, 0.05) is 0 Å². The fraction of sp³-hybridized carbons (Fsp3) is 0.947. The summed E-state index contributed by atoms with van der Waals surface area (Å²) < 4.78 is 25.2. The maximum absolute atomic E-state index is 13.1. The van der Waals surface area contributed by atoms with Gasteiger partial charge >= 0.3 is 5.97 Å². The Kier molecular flexibility index (Phi) is 1.81. The number of fused-ring (bicyclic) bond motifs is 2. The number of rotatable bonds is 0. The van der Waals surface area contributed by atoms with Crippen LogP contribution in [0.4, 0.5) is 0 Å². The van der Waals surface area contributed by atoms with E-state index < -0.39 is 5.60 Å². The summed E-state index contributed by atoms with van der Waals surface area (Å²) in [6.45, 7) is 7.26. The molecule has 4 saturated carbocycles. The molecule has 0 unspecified atom stereocenters. The molecule has 8 rings (SSSR count). The Morgan fingerprint density at radius 1 is 1.08 bits per heavy atom. The number of ether oxygens (including phenoxy) is 4. The molecule has 4 aliphatic heterocycles. The molecule has 8 aliphatic rings. The zero-order valence-electron chi connectivity index (χ0n) is 14.5. The highest BCUT2D eigenvalue weighted by Crippen LogP contribution is 2.84. The molecule has 0 N–H and O–H groups in total. The smallest absolute Gasteiger partial charge is 0.339 e. The third kappa shape index (κ3) is 0.972. The van der Waals surface area contributed by atoms with E-state index in [-0.39, 0.29) is 46.1 Å². The summed E-state index contributed by atoms with van der Waals surface area (Å²) >= 11 is 0. The van der Waals surface area contributed by atoms with Crippen LogP contribution in [0.1, 0.15) is 46.5 Å². The molecule has 4 saturated heterocycles. The van der Waals surface area contributed by atoms with Crippen molar-refractivity contribution in [1.29, 1.82) is 0 Å². The van der Waals surface area contributed by atoms with Crippen LogP contribution in [0.25, 0.3) is 0 Å². The summed E-state index contributed by atoms with van der Waals surface area (Å²) in [5.41, 5.74) is -1.33. The summed E-state index contributed by atoms with van der Waals surface area (Å²) in [5.74, 6) is 0.282. The average molecular weight is 332 g/mol. The highest BCUT2D eigenvalue weighted by molar-refractivity contribution is 5.85. The first-order valence-corrected chi connectivity index (χ1v) is 9.50. The number of epoxide rings is 2. The summed E-state index contributed by atoms with van der Waals surface area (Å²) in [7, 11) is 0. The van der Waals surface area contributed by atoms with Crippen LogP contribution >= 0.6 is 0 Å². The van der Waals surface area contributed by atoms with Gasteiger partial charge in [0.1, 0.15) is 6.61 Å². The fourth-order valence-electron chi connectivity index (χ4n) is 8.27. The molecular weight excluding hydrogens is 308 g/mol. The molecule has 24 heavy (non-hydrogen) atoms. The minimum absolute atomic E-state index is 0.00584. The first kappa shape index (κ1) is 13.5. The van der Waals surface area contributed by atoms with Gasteiger partial charge in [-0.3, -0.25) is 0 Å². The first-order valence-electron chi connectivity index (χ1n) is 9.50. The van der Waals surface area contributed by atoms with E-state index in [4.69, 9.17) is 18.9 Å². The van der Waals surface area contributed by atoms with Gasteiger partial charge < -0.3 is 18.9 Å². The van der Waals surface area contributed by atoms with Gasteiger partial charge in [0.15, 0.2) is 5.60 Å². The van der Waals surface area contributed by atoms with Crippen LogP contribution in [-0.2, 0) is 23.7 Å². The Balaban J connectivity index is 1.55. The number of carbonyl (C=O) groups is 1. The summed E-state index contributed by atoms with van der Waals surface area (Å²) in [5, 5.41) is 0. The van der Waals surface area contributed by atoms with Crippen LogP contribution < -0.4 is 0 Å². The molecule has 4 aliphatic carbocycles. The molecule has 0 amide bonds. The van der Waals surface area contributed by atoms with Crippen molar-refractivity contribution >= 4 is 5.97 Å². The van der Waals surface area contributed by atoms with Gasteiger partial charge in [-0.15, -0.1) is 0 Å². The van der Waals surface area contributed by atoms with Crippen LogP contribution in [0.3, 0.4) is 0 Å². The third-order valence-electron chi connectivity index (χ3n) is 9.15. The molecule has 0 aromatic carbocycles. The molecule has 4 heterocycles. The van der Waals surface area contributed by atoms with Crippen molar-refractivity contribution in [1.82, 2.24) is 0 Å². The molecule has 0 radical (unpaired) electrons. The second-order valence-corrected chi connectivity index (χ2v) is 10.3. The van der Waals surface area contributed by atoms with Crippen LogP contribution in [0, 0.1) is 22.2 Å². The van der Waals surface area contributed by atoms with Crippen LogP contribution in [0.5, 0.6) is 0 Å². The lowest BCUT2D eigenvalue weighted by Gasteiger charge is -2.61. The Morgan fingerprint density at radius 2 is 1.92 bits per heavy atom. The van der Waals surface area contributed by atoms with E-state index in [0.29, 0.717) is 18.6 Å². The molecule has 2 spiro atoms. The van der Waals surface area contributed by atoms with Gasteiger partial charge in [-0.25, -0.2) is 4.79 Å². The van der Waals surface area contributed by atoms with Gasteiger partial charge in [-0.1, -0.05) is 13.8 Å². The Labute approximate surface area is 141 Å². The monoisotopic (exact) mass is 332 g/mol. The molecule has 130 valence electrons. The van der Waals surface area contributed by atoms with Gasteiger partial charge in [0.05, 0.1) is 40.8 Å². The van der Waals surface area contributed by atoms with Crippen molar-refractivity contribution < 1.29 is 23.7 Å². The zero-order chi connectivity index (χ0) is 16.3. The fourth-order valence-corrected chi connectivity index (χ4v) is 8.27. The first-order chi connectivity index (χ1) is 11.3. The van der Waals surface area contributed by atoms with Crippen molar-refractivity contribution in [2.75, 3.05) is 6.61 Å². The lowest BCUT2D eigenvalue weighted by molar-refractivity contribution is -0.223. The Hall–Kier alpha value is -0.650. The van der Waals surface area contributed by atoms with E-state index in [1.54, 1.807) is 0 Å². The normalized spacial score (nSPS) is 69.1. The maximum Gasteiger partial charge on any atom is 0.339 e. The molecule has 9 atom stereocenters. The van der Waals surface area contributed by atoms with Gasteiger partial charge in [0.2, 0.25) is 0 Å². The van der Waals surface area contributed by atoms with Crippen molar-refractivity contribution in [2.24, 2.45) is 22.2 Å². The zero-order valence-corrected chi connectivity index (χ0v) is 14.5. The molecular formula is C19H24O5. The van der Waals surface area contributed by atoms with E-state index >= 15 is 0 Å². The molecule has 4 bridgehead atoms. The summed E-state index contributed by atoms with van der Waals surface area (Å²) in [6, 6.07) is 0. The standard InChI is InChI=1S/C19H24O5/c1-15(2)7-10-11(22-10)17-8-21-14(20)19(24-12(15)17)6-9-4-5-18(17,19)13-16(9,3)23-13/h9-13H,4-8H2,1-3H3/t9-,10-,11-,12-,13-,16-,17-,18-,19+/m1/s1. The Bertz CT molecular complexity index is 719. The van der Waals surface area contributed by atoms with E-state index in [9.17, 15) is 4.79 Å². The largest absolute Gasteiger partial charge is 0.463 e. The van der Waals surface area contributed by atoms with Crippen molar-refractivity contribution in [3.05, 3.63) is 0 Å². The minimum atomic E-state index is -0.794. The number of cyclic esters (lactones) is 1. The highest BCUT2D eigenvalue weighted by Gasteiger charge is 2.95. The second-order valence-electron chi connectivity index (χ2n) is 10.3. The van der Waals surface area contributed by atoms with Gasteiger partial charge in [-0.2, -0.15) is 0 Å². The molecule has 0 aromatic heterocycles. The van der Waals surface area contributed by atoms with Crippen LogP contribution in [0.15, 0.2) is 0 Å². The van der Waals surface area contributed by atoms with E-state index in [1.807, 2.05) is 0 Å². The predicted molar refractivity (Wildman–Crippen MR) is 81.1 cm³/mol.